The molecule has 1 heterocycles. The summed E-state index contributed by atoms with van der Waals surface area (Å²) in [6.07, 6.45) is 0. The van der Waals surface area contributed by atoms with Crippen LogP contribution in [0.25, 0.3) is 0 Å². The van der Waals surface area contributed by atoms with Crippen molar-refractivity contribution in [1.82, 2.24) is 5.32 Å². The zero-order valence-electron chi connectivity index (χ0n) is 13.8. The second-order valence-corrected chi connectivity index (χ2v) is 5.28. The fourth-order valence-electron chi connectivity index (χ4n) is 2.56. The lowest BCUT2D eigenvalue weighted by Crippen LogP contribution is -2.17. The summed E-state index contributed by atoms with van der Waals surface area (Å²) in [4.78, 5) is 0. The van der Waals surface area contributed by atoms with E-state index >= 15 is 0 Å². The van der Waals surface area contributed by atoms with Crippen molar-refractivity contribution in [3.05, 3.63) is 47.5 Å². The maximum Gasteiger partial charge on any atom is 0.203 e. The molecule has 0 bridgehead atoms. The van der Waals surface area contributed by atoms with Crippen LogP contribution in [0.4, 0.5) is 0 Å². The molecule has 130 valence electrons. The predicted molar refractivity (Wildman–Crippen MR) is 94.8 cm³/mol. The Morgan fingerprint density at radius 3 is 2.54 bits per heavy atom. The standard InChI is InChI=1S/C18H21NO4.ClH/c1-20-15-5-3-4-13(8-15)11-19-12-14-9-16(21-2)18-17(10-14)22-6-7-23-18;/h3-5,8-10,19H,6-7,11-12H2,1-2H3;1H. The number of fused-ring (bicyclic) bond motifs is 1. The smallest absolute Gasteiger partial charge is 0.203 e. The van der Waals surface area contributed by atoms with Crippen molar-refractivity contribution < 1.29 is 18.9 Å². The van der Waals surface area contributed by atoms with Gasteiger partial charge in [-0.1, -0.05) is 12.1 Å². The van der Waals surface area contributed by atoms with E-state index in [0.717, 1.165) is 23.6 Å². The Labute approximate surface area is 148 Å². The maximum atomic E-state index is 5.65. The van der Waals surface area contributed by atoms with Crippen molar-refractivity contribution in [1.29, 1.82) is 0 Å². The molecule has 0 amide bonds. The lowest BCUT2D eigenvalue weighted by molar-refractivity contribution is 0.165. The van der Waals surface area contributed by atoms with E-state index in [1.807, 2.05) is 30.3 Å². The zero-order chi connectivity index (χ0) is 16.1. The van der Waals surface area contributed by atoms with Gasteiger partial charge in [0.25, 0.3) is 0 Å². The van der Waals surface area contributed by atoms with Crippen molar-refractivity contribution in [2.75, 3.05) is 27.4 Å². The molecule has 0 radical (unpaired) electrons. The fraction of sp³-hybridized carbons (Fsp3) is 0.333. The molecule has 0 saturated heterocycles. The lowest BCUT2D eigenvalue weighted by atomic mass is 10.1. The maximum absolute atomic E-state index is 5.65. The van der Waals surface area contributed by atoms with Crippen molar-refractivity contribution >= 4 is 12.4 Å². The number of nitrogens with one attached hydrogen (secondary N) is 1. The van der Waals surface area contributed by atoms with Crippen molar-refractivity contribution in [2.45, 2.75) is 13.1 Å². The molecule has 0 atom stereocenters. The molecule has 0 unspecified atom stereocenters. The van der Waals surface area contributed by atoms with E-state index in [4.69, 9.17) is 18.9 Å². The Bertz CT molecular complexity index is 661. The van der Waals surface area contributed by atoms with Gasteiger partial charge in [0, 0.05) is 13.1 Å². The molecular weight excluding hydrogens is 330 g/mol. The van der Waals surface area contributed by atoms with Crippen LogP contribution in [0.1, 0.15) is 11.1 Å². The molecule has 1 aliphatic heterocycles. The molecule has 0 aliphatic carbocycles. The minimum absolute atomic E-state index is 0. The minimum atomic E-state index is 0. The third-order valence-electron chi connectivity index (χ3n) is 3.68. The fourth-order valence-corrected chi connectivity index (χ4v) is 2.56. The summed E-state index contributed by atoms with van der Waals surface area (Å²) in [5.74, 6) is 3.01. The van der Waals surface area contributed by atoms with Crippen LogP contribution in [0.15, 0.2) is 36.4 Å². The summed E-state index contributed by atoms with van der Waals surface area (Å²) in [5.41, 5.74) is 2.27. The van der Waals surface area contributed by atoms with Crippen LogP contribution in [0.3, 0.4) is 0 Å². The Morgan fingerprint density at radius 2 is 1.75 bits per heavy atom. The molecule has 0 fully saturated rings. The highest BCUT2D eigenvalue weighted by molar-refractivity contribution is 5.85. The van der Waals surface area contributed by atoms with Gasteiger partial charge in [0.1, 0.15) is 19.0 Å². The van der Waals surface area contributed by atoms with Crippen LogP contribution < -0.4 is 24.3 Å². The van der Waals surface area contributed by atoms with Crippen molar-refractivity contribution in [3.63, 3.8) is 0 Å². The van der Waals surface area contributed by atoms with E-state index in [1.54, 1.807) is 14.2 Å². The Balaban J connectivity index is 0.00000208. The monoisotopic (exact) mass is 351 g/mol. The number of methoxy groups -OCH3 is 2. The molecular formula is C18H22ClNO4. The molecule has 1 aliphatic rings. The topological polar surface area (TPSA) is 49.0 Å². The van der Waals surface area contributed by atoms with Crippen molar-refractivity contribution in [2.24, 2.45) is 0 Å². The van der Waals surface area contributed by atoms with Gasteiger partial charge in [0.2, 0.25) is 5.75 Å². The summed E-state index contributed by atoms with van der Waals surface area (Å²) in [7, 11) is 3.31. The first-order chi connectivity index (χ1) is 11.3. The highest BCUT2D eigenvalue weighted by Crippen LogP contribution is 2.40. The largest absolute Gasteiger partial charge is 0.497 e. The Morgan fingerprint density at radius 1 is 0.958 bits per heavy atom. The SMILES string of the molecule is COc1cccc(CNCc2cc(OC)c3c(c2)OCCO3)c1.Cl. The first-order valence-electron chi connectivity index (χ1n) is 7.60. The first kappa shape index (κ1) is 18.2. The van der Waals surface area contributed by atoms with Gasteiger partial charge in [-0.05, 0) is 35.4 Å². The Kier molecular flexibility index (Phi) is 6.58. The van der Waals surface area contributed by atoms with E-state index < -0.39 is 0 Å². The molecule has 2 aromatic rings. The summed E-state index contributed by atoms with van der Waals surface area (Å²) >= 11 is 0. The van der Waals surface area contributed by atoms with Gasteiger partial charge in [-0.25, -0.2) is 0 Å². The predicted octanol–water partition coefficient (Wildman–Crippen LogP) is 3.19. The van der Waals surface area contributed by atoms with E-state index in [1.165, 1.54) is 5.56 Å². The van der Waals surface area contributed by atoms with Gasteiger partial charge in [-0.3, -0.25) is 0 Å². The van der Waals surface area contributed by atoms with E-state index in [-0.39, 0.29) is 12.4 Å². The quantitative estimate of drug-likeness (QED) is 0.866. The van der Waals surface area contributed by atoms with Crippen LogP contribution in [0.2, 0.25) is 0 Å². The lowest BCUT2D eigenvalue weighted by Gasteiger charge is -2.21. The molecule has 0 aromatic heterocycles. The summed E-state index contributed by atoms with van der Waals surface area (Å²) < 4.78 is 21.9. The van der Waals surface area contributed by atoms with Gasteiger partial charge in [0.15, 0.2) is 11.5 Å². The number of hydrogen-bond acceptors (Lipinski definition) is 5. The van der Waals surface area contributed by atoms with Gasteiger partial charge in [-0.2, -0.15) is 0 Å². The molecule has 3 rings (SSSR count). The highest BCUT2D eigenvalue weighted by atomic mass is 35.5. The minimum Gasteiger partial charge on any atom is -0.497 e. The van der Waals surface area contributed by atoms with Crippen LogP contribution in [-0.2, 0) is 13.1 Å². The average molecular weight is 352 g/mol. The van der Waals surface area contributed by atoms with Crippen LogP contribution in [-0.4, -0.2) is 27.4 Å². The molecule has 2 aromatic carbocycles. The normalized spacial score (nSPS) is 12.2. The van der Waals surface area contributed by atoms with Crippen molar-refractivity contribution in [3.8, 4) is 23.0 Å². The van der Waals surface area contributed by atoms with Gasteiger partial charge < -0.3 is 24.3 Å². The van der Waals surface area contributed by atoms with Gasteiger partial charge >= 0.3 is 0 Å². The van der Waals surface area contributed by atoms with Gasteiger partial charge in [-0.15, -0.1) is 12.4 Å². The number of ether oxygens (including phenoxy) is 4. The molecule has 6 heteroatoms. The van der Waals surface area contributed by atoms with Gasteiger partial charge in [0.05, 0.1) is 14.2 Å². The number of halogens is 1. The van der Waals surface area contributed by atoms with E-state index in [0.29, 0.717) is 31.3 Å². The Hall–Kier alpha value is -2.11. The first-order valence-corrected chi connectivity index (χ1v) is 7.60. The molecule has 0 saturated carbocycles. The number of hydrogen-bond donors (Lipinski definition) is 1. The summed E-state index contributed by atoms with van der Waals surface area (Å²) in [6.45, 7) is 2.59. The second-order valence-electron chi connectivity index (χ2n) is 5.28. The molecule has 24 heavy (non-hydrogen) atoms. The molecule has 1 N–H and O–H groups in total. The average Bonchev–Trinajstić information content (AvgIpc) is 2.61. The molecule has 0 spiro atoms. The highest BCUT2D eigenvalue weighted by Gasteiger charge is 2.18. The van der Waals surface area contributed by atoms with E-state index in [9.17, 15) is 0 Å². The number of rotatable bonds is 6. The summed E-state index contributed by atoms with van der Waals surface area (Å²) in [5, 5.41) is 3.42. The number of benzene rings is 2. The van der Waals surface area contributed by atoms with Crippen LogP contribution in [0.5, 0.6) is 23.0 Å². The zero-order valence-corrected chi connectivity index (χ0v) is 14.7. The summed E-state index contributed by atoms with van der Waals surface area (Å²) in [6, 6.07) is 12.0. The van der Waals surface area contributed by atoms with Crippen LogP contribution in [0, 0.1) is 0 Å². The second kappa shape index (κ2) is 8.66. The third-order valence-corrected chi connectivity index (χ3v) is 3.68. The van der Waals surface area contributed by atoms with Crippen LogP contribution >= 0.6 is 12.4 Å². The third kappa shape index (κ3) is 4.24. The van der Waals surface area contributed by atoms with E-state index in [2.05, 4.69) is 11.4 Å². The molecule has 5 nitrogen and oxygen atoms in total.